The molecule has 3 rings (SSSR count). The van der Waals surface area contributed by atoms with Gasteiger partial charge in [-0.25, -0.2) is 0 Å². The summed E-state index contributed by atoms with van der Waals surface area (Å²) in [5, 5.41) is 10.8. The van der Waals surface area contributed by atoms with Crippen LogP contribution in [0.3, 0.4) is 0 Å². The molecule has 0 N–H and O–H groups in total. The third-order valence-corrected chi connectivity index (χ3v) is 5.90. The summed E-state index contributed by atoms with van der Waals surface area (Å²) in [7, 11) is 0. The van der Waals surface area contributed by atoms with E-state index < -0.39 is 5.41 Å². The van der Waals surface area contributed by atoms with Gasteiger partial charge in [0.1, 0.15) is 0 Å². The van der Waals surface area contributed by atoms with E-state index in [-0.39, 0.29) is 0 Å². The van der Waals surface area contributed by atoms with Crippen LogP contribution in [0, 0.1) is 17.2 Å². The second-order valence-electron chi connectivity index (χ2n) is 7.30. The summed E-state index contributed by atoms with van der Waals surface area (Å²) < 4.78 is 0. The molecule has 0 aliphatic heterocycles. The maximum atomic E-state index is 10.1. The summed E-state index contributed by atoms with van der Waals surface area (Å²) in [6, 6.07) is 21.2. The van der Waals surface area contributed by atoms with Crippen LogP contribution in [0.5, 0.6) is 0 Å². The maximum absolute atomic E-state index is 10.1. The van der Waals surface area contributed by atoms with Gasteiger partial charge >= 0.3 is 0 Å². The zero-order chi connectivity index (χ0) is 18.4. The van der Waals surface area contributed by atoms with Gasteiger partial charge in [-0.15, -0.1) is 0 Å². The van der Waals surface area contributed by atoms with Crippen LogP contribution in [0.25, 0.3) is 0 Å². The number of hydrogen-bond acceptors (Lipinski definition) is 2. The molecule has 0 amide bonds. The standard InChI is InChI=1S/C23H27ClN2/c1-2-26(17-19-9-4-3-5-10-19)16-8-15-23(18-25,20-13-14-20)21-11-6-7-12-22(21)24/h3-7,9-12,20H,2,8,13-17H2,1H3. The molecular formula is C23H27ClN2. The molecule has 1 fully saturated rings. The van der Waals surface area contributed by atoms with Crippen molar-refractivity contribution in [3.63, 3.8) is 0 Å². The average molecular weight is 367 g/mol. The van der Waals surface area contributed by atoms with Crippen LogP contribution in [0.4, 0.5) is 0 Å². The predicted octanol–water partition coefficient (Wildman–Crippen LogP) is 5.81. The zero-order valence-corrected chi connectivity index (χ0v) is 16.3. The molecule has 136 valence electrons. The van der Waals surface area contributed by atoms with Crippen molar-refractivity contribution in [1.29, 1.82) is 5.26 Å². The lowest BCUT2D eigenvalue weighted by molar-refractivity contribution is 0.261. The van der Waals surface area contributed by atoms with Gasteiger partial charge in [0.05, 0.1) is 11.5 Å². The van der Waals surface area contributed by atoms with Crippen LogP contribution in [0.15, 0.2) is 54.6 Å². The average Bonchev–Trinajstić information content (AvgIpc) is 3.52. The highest BCUT2D eigenvalue weighted by Crippen LogP contribution is 2.51. The highest BCUT2D eigenvalue weighted by atomic mass is 35.5. The minimum Gasteiger partial charge on any atom is -0.299 e. The third kappa shape index (κ3) is 4.29. The lowest BCUT2D eigenvalue weighted by Gasteiger charge is -2.29. The molecule has 0 spiro atoms. The molecule has 0 bridgehead atoms. The predicted molar refractivity (Wildman–Crippen MR) is 108 cm³/mol. The van der Waals surface area contributed by atoms with Crippen LogP contribution >= 0.6 is 11.6 Å². The molecule has 1 atom stereocenters. The summed E-state index contributed by atoms with van der Waals surface area (Å²) in [4.78, 5) is 2.46. The van der Waals surface area contributed by atoms with Gasteiger partial charge in [-0.3, -0.25) is 4.90 Å². The molecule has 1 aliphatic carbocycles. The van der Waals surface area contributed by atoms with E-state index in [1.807, 2.05) is 24.3 Å². The van der Waals surface area contributed by atoms with Gasteiger partial charge < -0.3 is 0 Å². The van der Waals surface area contributed by atoms with Gasteiger partial charge in [0.25, 0.3) is 0 Å². The fourth-order valence-electron chi connectivity index (χ4n) is 3.94. The van der Waals surface area contributed by atoms with Crippen molar-refractivity contribution in [1.82, 2.24) is 4.90 Å². The first-order valence-electron chi connectivity index (χ1n) is 9.62. The van der Waals surface area contributed by atoms with E-state index >= 15 is 0 Å². The minimum atomic E-state index is -0.426. The van der Waals surface area contributed by atoms with Gasteiger partial charge in [-0.2, -0.15) is 5.26 Å². The van der Waals surface area contributed by atoms with Crippen LogP contribution in [-0.4, -0.2) is 18.0 Å². The van der Waals surface area contributed by atoms with Crippen molar-refractivity contribution in [2.75, 3.05) is 13.1 Å². The summed E-state index contributed by atoms with van der Waals surface area (Å²) in [5.74, 6) is 0.455. The molecule has 1 saturated carbocycles. The number of nitriles is 1. The van der Waals surface area contributed by atoms with Gasteiger partial charge in [0.15, 0.2) is 0 Å². The first-order valence-corrected chi connectivity index (χ1v) is 10.00. The zero-order valence-electron chi connectivity index (χ0n) is 15.5. The summed E-state index contributed by atoms with van der Waals surface area (Å²) >= 11 is 6.47. The van der Waals surface area contributed by atoms with Crippen molar-refractivity contribution in [3.05, 3.63) is 70.7 Å². The molecule has 0 radical (unpaired) electrons. The van der Waals surface area contributed by atoms with E-state index in [0.717, 1.165) is 55.9 Å². The quantitative estimate of drug-likeness (QED) is 0.559. The molecule has 1 unspecified atom stereocenters. The second-order valence-corrected chi connectivity index (χ2v) is 7.70. The van der Waals surface area contributed by atoms with E-state index in [9.17, 15) is 5.26 Å². The van der Waals surface area contributed by atoms with E-state index in [1.54, 1.807) is 0 Å². The Bertz CT molecular complexity index is 748. The first kappa shape index (κ1) is 19.0. The molecule has 2 aromatic rings. The highest BCUT2D eigenvalue weighted by Gasteiger charge is 2.47. The Morgan fingerprint density at radius 2 is 1.81 bits per heavy atom. The monoisotopic (exact) mass is 366 g/mol. The Morgan fingerprint density at radius 3 is 2.42 bits per heavy atom. The van der Waals surface area contributed by atoms with E-state index in [2.05, 4.69) is 48.2 Å². The number of hydrogen-bond donors (Lipinski definition) is 0. The van der Waals surface area contributed by atoms with Gasteiger partial charge in [0, 0.05) is 11.6 Å². The van der Waals surface area contributed by atoms with Crippen molar-refractivity contribution < 1.29 is 0 Å². The number of benzene rings is 2. The van der Waals surface area contributed by atoms with Crippen molar-refractivity contribution in [2.24, 2.45) is 5.92 Å². The molecule has 3 heteroatoms. The minimum absolute atomic E-state index is 0.426. The first-order chi connectivity index (χ1) is 12.7. The molecular weight excluding hydrogens is 340 g/mol. The summed E-state index contributed by atoms with van der Waals surface area (Å²) in [6.45, 7) is 5.19. The Balaban J connectivity index is 1.67. The van der Waals surface area contributed by atoms with Gasteiger partial charge in [-0.05, 0) is 61.9 Å². The molecule has 0 aromatic heterocycles. The fourth-order valence-corrected chi connectivity index (χ4v) is 4.24. The lowest BCUT2D eigenvalue weighted by Crippen LogP contribution is -2.30. The maximum Gasteiger partial charge on any atom is 0.0865 e. The fraction of sp³-hybridized carbons (Fsp3) is 0.435. The molecule has 2 aromatic carbocycles. The Morgan fingerprint density at radius 1 is 1.12 bits per heavy atom. The number of nitrogens with zero attached hydrogens (tertiary/aromatic N) is 2. The van der Waals surface area contributed by atoms with Gasteiger partial charge in [-0.1, -0.05) is 67.1 Å². The summed E-state index contributed by atoms with van der Waals surface area (Å²) in [5.41, 5.74) is 1.94. The van der Waals surface area contributed by atoms with Crippen LogP contribution in [0.2, 0.25) is 5.02 Å². The summed E-state index contributed by atoms with van der Waals surface area (Å²) in [6.07, 6.45) is 4.17. The number of halogens is 1. The van der Waals surface area contributed by atoms with E-state index in [1.165, 1.54) is 5.56 Å². The van der Waals surface area contributed by atoms with Crippen LogP contribution in [0.1, 0.15) is 43.7 Å². The highest BCUT2D eigenvalue weighted by molar-refractivity contribution is 6.31. The molecule has 26 heavy (non-hydrogen) atoms. The molecule has 0 saturated heterocycles. The third-order valence-electron chi connectivity index (χ3n) is 5.57. The second kappa shape index (κ2) is 8.71. The Labute approximate surface area is 162 Å². The van der Waals surface area contributed by atoms with Crippen LogP contribution in [-0.2, 0) is 12.0 Å². The topological polar surface area (TPSA) is 27.0 Å². The smallest absolute Gasteiger partial charge is 0.0865 e. The van der Waals surface area contributed by atoms with E-state index in [0.29, 0.717) is 5.92 Å². The van der Waals surface area contributed by atoms with E-state index in [4.69, 9.17) is 11.6 Å². The molecule has 2 nitrogen and oxygen atoms in total. The normalized spacial score (nSPS) is 16.2. The SMILES string of the molecule is CCN(CCCC(C#N)(c1ccccc1Cl)C1CC1)Cc1ccccc1. The van der Waals surface area contributed by atoms with Crippen molar-refractivity contribution in [2.45, 2.75) is 44.6 Å². The Kier molecular flexibility index (Phi) is 6.35. The largest absolute Gasteiger partial charge is 0.299 e. The van der Waals surface area contributed by atoms with Crippen molar-refractivity contribution in [3.8, 4) is 6.07 Å². The lowest BCUT2D eigenvalue weighted by atomic mass is 9.73. The van der Waals surface area contributed by atoms with Crippen LogP contribution < -0.4 is 0 Å². The van der Waals surface area contributed by atoms with Gasteiger partial charge in [0.2, 0.25) is 0 Å². The molecule has 1 aliphatic rings. The Hall–Kier alpha value is -1.82. The van der Waals surface area contributed by atoms with Crippen molar-refractivity contribution >= 4 is 11.6 Å². The number of rotatable bonds is 9. The molecule has 0 heterocycles.